The zero-order chi connectivity index (χ0) is 15.0. The number of hydrogen-bond donors (Lipinski definition) is 1. The minimum Gasteiger partial charge on any atom is -0.475 e. The molecule has 0 radical (unpaired) electrons. The van der Waals surface area contributed by atoms with Crippen molar-refractivity contribution in [2.45, 2.75) is 32.5 Å². The topological polar surface area (TPSA) is 62.9 Å². The summed E-state index contributed by atoms with van der Waals surface area (Å²) in [5, 5.41) is 10.3. The molecule has 0 amide bonds. The van der Waals surface area contributed by atoms with Gasteiger partial charge in [-0.25, -0.2) is 4.79 Å². The van der Waals surface area contributed by atoms with Gasteiger partial charge in [0, 0.05) is 30.1 Å². The van der Waals surface area contributed by atoms with Crippen molar-refractivity contribution in [1.29, 1.82) is 0 Å². The van der Waals surface area contributed by atoms with E-state index in [2.05, 4.69) is 11.8 Å². The molecule has 112 valence electrons. The summed E-state index contributed by atoms with van der Waals surface area (Å²) in [5.74, 6) is -0.974. The summed E-state index contributed by atoms with van der Waals surface area (Å²) in [6, 6.07) is 7.72. The molecule has 0 aliphatic carbocycles. The van der Waals surface area contributed by atoms with Crippen LogP contribution in [0.5, 0.6) is 0 Å². The molecule has 21 heavy (non-hydrogen) atoms. The molecule has 2 atom stereocenters. The Hall–Kier alpha value is -1.85. The number of carbonyl (C=O) groups is 1. The molecule has 2 heterocycles. The molecule has 1 fully saturated rings. The predicted octanol–water partition coefficient (Wildman–Crippen LogP) is 2.74. The van der Waals surface area contributed by atoms with Gasteiger partial charge in [0.1, 0.15) is 5.58 Å². The van der Waals surface area contributed by atoms with E-state index in [1.807, 2.05) is 25.1 Å². The van der Waals surface area contributed by atoms with Crippen molar-refractivity contribution < 1.29 is 19.1 Å². The molecular weight excluding hydrogens is 270 g/mol. The highest BCUT2D eigenvalue weighted by Gasteiger charge is 2.27. The SMILES string of the molecule is CC1CN(Cc2c(C(=O)O)oc3ccccc23)C(C)CO1. The summed E-state index contributed by atoms with van der Waals surface area (Å²) < 4.78 is 11.1. The number of furan rings is 1. The zero-order valence-corrected chi connectivity index (χ0v) is 12.2. The molecule has 5 nitrogen and oxygen atoms in total. The molecular formula is C16H19NO4. The van der Waals surface area contributed by atoms with E-state index in [9.17, 15) is 9.90 Å². The van der Waals surface area contributed by atoms with Gasteiger partial charge in [-0.1, -0.05) is 18.2 Å². The van der Waals surface area contributed by atoms with Crippen molar-refractivity contribution in [2.24, 2.45) is 0 Å². The molecule has 1 N–H and O–H groups in total. The smallest absolute Gasteiger partial charge is 0.372 e. The van der Waals surface area contributed by atoms with Gasteiger partial charge >= 0.3 is 5.97 Å². The van der Waals surface area contributed by atoms with Gasteiger partial charge in [0.25, 0.3) is 0 Å². The maximum absolute atomic E-state index is 11.4. The molecule has 0 bridgehead atoms. The maximum Gasteiger partial charge on any atom is 0.372 e. The number of aromatic carboxylic acids is 1. The summed E-state index contributed by atoms with van der Waals surface area (Å²) >= 11 is 0. The van der Waals surface area contributed by atoms with Gasteiger partial charge in [-0.2, -0.15) is 0 Å². The Morgan fingerprint density at radius 2 is 2.14 bits per heavy atom. The second-order valence-corrected chi connectivity index (χ2v) is 5.63. The molecule has 2 unspecified atom stereocenters. The summed E-state index contributed by atoms with van der Waals surface area (Å²) in [6.45, 7) is 6.14. The summed E-state index contributed by atoms with van der Waals surface area (Å²) in [6.07, 6.45) is 0.160. The van der Waals surface area contributed by atoms with Gasteiger partial charge in [-0.05, 0) is 19.9 Å². The first-order valence-electron chi connectivity index (χ1n) is 7.15. The summed E-state index contributed by atoms with van der Waals surface area (Å²) in [5.41, 5.74) is 1.37. The molecule has 1 saturated heterocycles. The first-order chi connectivity index (χ1) is 10.1. The van der Waals surface area contributed by atoms with Crippen LogP contribution in [0.15, 0.2) is 28.7 Å². The molecule has 0 saturated carbocycles. The summed E-state index contributed by atoms with van der Waals surface area (Å²) in [7, 11) is 0. The van der Waals surface area contributed by atoms with Gasteiger partial charge in [-0.3, -0.25) is 4.90 Å². The number of hydrogen-bond acceptors (Lipinski definition) is 4. The lowest BCUT2D eigenvalue weighted by Crippen LogP contribution is -2.46. The van der Waals surface area contributed by atoms with Gasteiger partial charge in [-0.15, -0.1) is 0 Å². The minimum absolute atomic E-state index is 0.0440. The molecule has 1 aliphatic rings. The molecule has 1 aromatic heterocycles. The number of para-hydroxylation sites is 1. The molecule has 2 aromatic rings. The third-order valence-corrected chi connectivity index (χ3v) is 3.99. The lowest BCUT2D eigenvalue weighted by atomic mass is 10.1. The van der Waals surface area contributed by atoms with Crippen LogP contribution in [-0.2, 0) is 11.3 Å². The van der Waals surface area contributed by atoms with Crippen molar-refractivity contribution in [2.75, 3.05) is 13.2 Å². The first kappa shape index (κ1) is 14.1. The van der Waals surface area contributed by atoms with Crippen molar-refractivity contribution >= 4 is 16.9 Å². The number of nitrogens with zero attached hydrogens (tertiary/aromatic N) is 1. The van der Waals surface area contributed by atoms with E-state index in [-0.39, 0.29) is 17.9 Å². The normalized spacial score (nSPS) is 23.5. The number of carboxylic acid groups (broad SMARTS) is 1. The number of ether oxygens (including phenoxy) is 1. The number of rotatable bonds is 3. The fourth-order valence-corrected chi connectivity index (χ4v) is 2.82. The van der Waals surface area contributed by atoms with E-state index in [1.165, 1.54) is 0 Å². The lowest BCUT2D eigenvalue weighted by molar-refractivity contribution is -0.0526. The quantitative estimate of drug-likeness (QED) is 0.941. The van der Waals surface area contributed by atoms with Crippen LogP contribution in [0.3, 0.4) is 0 Å². The third-order valence-electron chi connectivity index (χ3n) is 3.99. The van der Waals surface area contributed by atoms with Crippen molar-refractivity contribution in [3.63, 3.8) is 0 Å². The van der Waals surface area contributed by atoms with Crippen LogP contribution < -0.4 is 0 Å². The third kappa shape index (κ3) is 2.66. The fourth-order valence-electron chi connectivity index (χ4n) is 2.82. The lowest BCUT2D eigenvalue weighted by Gasteiger charge is -2.36. The fraction of sp³-hybridized carbons (Fsp3) is 0.438. The summed E-state index contributed by atoms with van der Waals surface area (Å²) in [4.78, 5) is 13.7. The molecule has 0 spiro atoms. The van der Waals surface area contributed by atoms with Crippen LogP contribution in [0, 0.1) is 0 Å². The van der Waals surface area contributed by atoms with Gasteiger partial charge < -0.3 is 14.3 Å². The average Bonchev–Trinajstić information content (AvgIpc) is 2.82. The second kappa shape index (κ2) is 5.50. The largest absolute Gasteiger partial charge is 0.475 e. The van der Waals surface area contributed by atoms with E-state index in [0.29, 0.717) is 18.7 Å². The van der Waals surface area contributed by atoms with Crippen molar-refractivity contribution in [1.82, 2.24) is 4.90 Å². The number of benzene rings is 1. The molecule has 1 aliphatic heterocycles. The van der Waals surface area contributed by atoms with E-state index >= 15 is 0 Å². The predicted molar refractivity (Wildman–Crippen MR) is 78.5 cm³/mol. The first-order valence-corrected chi connectivity index (χ1v) is 7.15. The highest BCUT2D eigenvalue weighted by molar-refractivity contribution is 5.95. The highest BCUT2D eigenvalue weighted by atomic mass is 16.5. The minimum atomic E-state index is -1.02. The van der Waals surface area contributed by atoms with Crippen LogP contribution >= 0.6 is 0 Å². The maximum atomic E-state index is 11.4. The molecule has 3 rings (SSSR count). The van der Waals surface area contributed by atoms with Crippen LogP contribution in [0.25, 0.3) is 11.0 Å². The Morgan fingerprint density at radius 3 is 2.90 bits per heavy atom. The van der Waals surface area contributed by atoms with Gasteiger partial charge in [0.2, 0.25) is 5.76 Å². The van der Waals surface area contributed by atoms with Crippen LogP contribution in [0.4, 0.5) is 0 Å². The number of carboxylic acids is 1. The van der Waals surface area contributed by atoms with Crippen molar-refractivity contribution in [3.8, 4) is 0 Å². The van der Waals surface area contributed by atoms with Crippen LogP contribution in [-0.4, -0.2) is 41.3 Å². The molecule has 5 heteroatoms. The average molecular weight is 289 g/mol. The number of morpholine rings is 1. The van der Waals surface area contributed by atoms with Gasteiger partial charge in [0.15, 0.2) is 0 Å². The Morgan fingerprint density at radius 1 is 1.38 bits per heavy atom. The standard InChI is InChI=1S/C16H19NO4/c1-10-9-20-11(2)7-17(10)8-13-12-5-3-4-6-14(12)21-15(13)16(18)19/h3-6,10-11H,7-9H2,1-2H3,(H,18,19). The monoisotopic (exact) mass is 289 g/mol. The van der Waals surface area contributed by atoms with E-state index < -0.39 is 5.97 Å². The zero-order valence-electron chi connectivity index (χ0n) is 12.2. The second-order valence-electron chi connectivity index (χ2n) is 5.63. The number of fused-ring (bicyclic) bond motifs is 1. The van der Waals surface area contributed by atoms with Crippen molar-refractivity contribution in [3.05, 3.63) is 35.6 Å². The Bertz CT molecular complexity index is 663. The Balaban J connectivity index is 1.98. The Labute approximate surface area is 123 Å². The van der Waals surface area contributed by atoms with Crippen LogP contribution in [0.1, 0.15) is 30.0 Å². The van der Waals surface area contributed by atoms with Crippen LogP contribution in [0.2, 0.25) is 0 Å². The van der Waals surface area contributed by atoms with E-state index in [0.717, 1.165) is 17.5 Å². The van der Waals surface area contributed by atoms with Gasteiger partial charge in [0.05, 0.1) is 12.7 Å². The van der Waals surface area contributed by atoms with E-state index in [1.54, 1.807) is 6.07 Å². The van der Waals surface area contributed by atoms with E-state index in [4.69, 9.17) is 9.15 Å². The molecule has 1 aromatic carbocycles. The Kier molecular flexibility index (Phi) is 3.69. The highest BCUT2D eigenvalue weighted by Crippen LogP contribution is 2.28.